The van der Waals surface area contributed by atoms with Gasteiger partial charge in [0.05, 0.1) is 10.6 Å². The highest BCUT2D eigenvalue weighted by molar-refractivity contribution is 6.33. The van der Waals surface area contributed by atoms with E-state index in [1.807, 2.05) is 43.3 Å². The minimum absolute atomic E-state index is 0.165. The van der Waals surface area contributed by atoms with Gasteiger partial charge in [-0.25, -0.2) is 4.79 Å². The molecule has 178 valence electrons. The number of esters is 1. The number of rotatable bonds is 8. The van der Waals surface area contributed by atoms with Crippen LogP contribution < -0.4 is 10.6 Å². The molecule has 0 saturated carbocycles. The highest BCUT2D eigenvalue weighted by Gasteiger charge is 2.26. The molecule has 2 amide bonds. The van der Waals surface area contributed by atoms with Crippen molar-refractivity contribution < 1.29 is 19.1 Å². The first-order chi connectivity index (χ1) is 16.9. The van der Waals surface area contributed by atoms with Crippen LogP contribution >= 0.6 is 11.6 Å². The van der Waals surface area contributed by atoms with Crippen molar-refractivity contribution in [1.82, 2.24) is 10.3 Å². The SMILES string of the molecule is Cc1ccccc1NC(=O)COC(=O)C(Cc1c[nH]c2ccccc12)NC(=O)c1ccccc1Cl. The standard InChI is InChI=1S/C27H24ClN3O4/c1-17-8-2-6-12-22(17)30-25(32)16-35-27(34)24(31-26(33)20-10-3-5-11-21(20)28)14-18-15-29-23-13-7-4-9-19(18)23/h2-13,15,24,29H,14,16H2,1H3,(H,30,32)(H,31,33). The largest absolute Gasteiger partial charge is 0.454 e. The zero-order valence-corrected chi connectivity index (χ0v) is 19.8. The average Bonchev–Trinajstić information content (AvgIpc) is 3.26. The van der Waals surface area contributed by atoms with Crippen LogP contribution in [0.3, 0.4) is 0 Å². The van der Waals surface area contributed by atoms with Crippen molar-refractivity contribution in [2.45, 2.75) is 19.4 Å². The van der Waals surface area contributed by atoms with Crippen LogP contribution in [-0.4, -0.2) is 35.4 Å². The fourth-order valence-corrected chi connectivity index (χ4v) is 3.95. The summed E-state index contributed by atoms with van der Waals surface area (Å²) in [4.78, 5) is 41.5. The molecule has 1 aromatic heterocycles. The highest BCUT2D eigenvalue weighted by atomic mass is 35.5. The summed E-state index contributed by atoms with van der Waals surface area (Å²) in [5.74, 6) is -1.71. The lowest BCUT2D eigenvalue weighted by Crippen LogP contribution is -2.44. The topological polar surface area (TPSA) is 100 Å². The predicted molar refractivity (Wildman–Crippen MR) is 135 cm³/mol. The van der Waals surface area contributed by atoms with E-state index in [1.54, 1.807) is 42.6 Å². The predicted octanol–water partition coefficient (Wildman–Crippen LogP) is 4.65. The van der Waals surface area contributed by atoms with E-state index < -0.39 is 30.4 Å². The quantitative estimate of drug-likeness (QED) is 0.313. The average molecular weight is 490 g/mol. The van der Waals surface area contributed by atoms with E-state index in [0.717, 1.165) is 22.0 Å². The molecular weight excluding hydrogens is 466 g/mol. The Kier molecular flexibility index (Phi) is 7.48. The molecule has 4 aromatic rings. The van der Waals surface area contributed by atoms with Gasteiger partial charge in [-0.15, -0.1) is 0 Å². The molecule has 4 rings (SSSR count). The zero-order chi connectivity index (χ0) is 24.8. The van der Waals surface area contributed by atoms with Crippen LogP contribution in [0.5, 0.6) is 0 Å². The molecule has 1 atom stereocenters. The van der Waals surface area contributed by atoms with Crippen molar-refractivity contribution in [2.75, 3.05) is 11.9 Å². The van der Waals surface area contributed by atoms with Crippen molar-refractivity contribution in [3.8, 4) is 0 Å². The maximum Gasteiger partial charge on any atom is 0.329 e. The normalized spacial score (nSPS) is 11.6. The van der Waals surface area contributed by atoms with Gasteiger partial charge in [-0.05, 0) is 42.3 Å². The Hall–Kier alpha value is -4.10. The lowest BCUT2D eigenvalue weighted by Gasteiger charge is -2.18. The summed E-state index contributed by atoms with van der Waals surface area (Å²) in [7, 11) is 0. The first-order valence-electron chi connectivity index (χ1n) is 11.0. The van der Waals surface area contributed by atoms with E-state index in [0.29, 0.717) is 5.69 Å². The Balaban J connectivity index is 1.49. The van der Waals surface area contributed by atoms with Crippen molar-refractivity contribution in [3.05, 3.63) is 101 Å². The van der Waals surface area contributed by atoms with Gasteiger partial charge in [0.15, 0.2) is 6.61 Å². The third-order valence-electron chi connectivity index (χ3n) is 5.57. The van der Waals surface area contributed by atoms with Crippen LogP contribution in [-0.2, 0) is 20.7 Å². The van der Waals surface area contributed by atoms with Gasteiger partial charge in [-0.2, -0.15) is 0 Å². The van der Waals surface area contributed by atoms with Crippen LogP contribution in [0.15, 0.2) is 79.0 Å². The van der Waals surface area contributed by atoms with Gasteiger partial charge >= 0.3 is 5.97 Å². The number of carbonyl (C=O) groups is 3. The number of nitrogens with one attached hydrogen (secondary N) is 3. The number of ether oxygens (including phenoxy) is 1. The Morgan fingerprint density at radius 3 is 2.49 bits per heavy atom. The van der Waals surface area contributed by atoms with E-state index in [1.165, 1.54) is 0 Å². The van der Waals surface area contributed by atoms with Crippen molar-refractivity contribution >= 4 is 46.0 Å². The molecule has 1 unspecified atom stereocenters. The number of aryl methyl sites for hydroxylation is 1. The van der Waals surface area contributed by atoms with E-state index >= 15 is 0 Å². The summed E-state index contributed by atoms with van der Waals surface area (Å²) >= 11 is 6.16. The van der Waals surface area contributed by atoms with E-state index in [9.17, 15) is 14.4 Å². The van der Waals surface area contributed by atoms with E-state index in [-0.39, 0.29) is 17.0 Å². The van der Waals surface area contributed by atoms with Crippen molar-refractivity contribution in [2.24, 2.45) is 0 Å². The van der Waals surface area contributed by atoms with E-state index in [2.05, 4.69) is 15.6 Å². The molecule has 0 bridgehead atoms. The Morgan fingerprint density at radius 1 is 0.971 bits per heavy atom. The van der Waals surface area contributed by atoms with Crippen molar-refractivity contribution in [3.63, 3.8) is 0 Å². The van der Waals surface area contributed by atoms with Gasteiger partial charge in [0.1, 0.15) is 6.04 Å². The number of halogens is 1. The Labute approximate surface area is 207 Å². The number of fused-ring (bicyclic) bond motifs is 1. The number of aromatic amines is 1. The molecule has 35 heavy (non-hydrogen) atoms. The molecule has 3 N–H and O–H groups in total. The van der Waals surface area contributed by atoms with Gasteiger partial charge in [0.2, 0.25) is 0 Å². The molecule has 0 saturated heterocycles. The van der Waals surface area contributed by atoms with Crippen LogP contribution in [0.2, 0.25) is 5.02 Å². The summed E-state index contributed by atoms with van der Waals surface area (Å²) < 4.78 is 5.30. The summed E-state index contributed by atoms with van der Waals surface area (Å²) in [5.41, 5.74) is 3.49. The second kappa shape index (κ2) is 10.9. The molecular formula is C27H24ClN3O4. The summed E-state index contributed by atoms with van der Waals surface area (Å²) in [5, 5.41) is 6.63. The van der Waals surface area contributed by atoms with Gasteiger partial charge in [0, 0.05) is 29.2 Å². The number of carbonyl (C=O) groups excluding carboxylic acids is 3. The number of amides is 2. The molecule has 0 fully saturated rings. The summed E-state index contributed by atoms with van der Waals surface area (Å²) in [6, 6.07) is 20.5. The summed E-state index contributed by atoms with van der Waals surface area (Å²) in [6.07, 6.45) is 1.95. The summed E-state index contributed by atoms with van der Waals surface area (Å²) in [6.45, 7) is 1.38. The third-order valence-corrected chi connectivity index (χ3v) is 5.90. The Morgan fingerprint density at radius 2 is 1.69 bits per heavy atom. The van der Waals surface area contributed by atoms with Crippen molar-refractivity contribution in [1.29, 1.82) is 0 Å². The molecule has 0 spiro atoms. The first-order valence-corrected chi connectivity index (χ1v) is 11.4. The highest BCUT2D eigenvalue weighted by Crippen LogP contribution is 2.20. The first kappa shape index (κ1) is 24.0. The monoisotopic (exact) mass is 489 g/mol. The fourth-order valence-electron chi connectivity index (χ4n) is 3.73. The number of hydrogen-bond donors (Lipinski definition) is 3. The molecule has 8 heteroatoms. The third kappa shape index (κ3) is 5.88. The lowest BCUT2D eigenvalue weighted by atomic mass is 10.0. The minimum atomic E-state index is -1.04. The number of benzene rings is 3. The van der Waals surface area contributed by atoms with Crippen LogP contribution in [0.4, 0.5) is 5.69 Å². The molecule has 1 heterocycles. The van der Waals surface area contributed by atoms with Gasteiger partial charge < -0.3 is 20.4 Å². The maximum absolute atomic E-state index is 13.0. The van der Waals surface area contributed by atoms with Gasteiger partial charge in [-0.1, -0.05) is 60.1 Å². The van der Waals surface area contributed by atoms with Crippen LogP contribution in [0, 0.1) is 6.92 Å². The second-order valence-electron chi connectivity index (χ2n) is 8.04. The van der Waals surface area contributed by atoms with Gasteiger partial charge in [-0.3, -0.25) is 9.59 Å². The van der Waals surface area contributed by atoms with Crippen LogP contribution in [0.1, 0.15) is 21.5 Å². The smallest absolute Gasteiger partial charge is 0.329 e. The number of hydrogen-bond acceptors (Lipinski definition) is 4. The maximum atomic E-state index is 13.0. The number of H-pyrrole nitrogens is 1. The molecule has 0 aliphatic rings. The second-order valence-corrected chi connectivity index (χ2v) is 8.45. The molecule has 0 aliphatic carbocycles. The molecule has 7 nitrogen and oxygen atoms in total. The zero-order valence-electron chi connectivity index (χ0n) is 19.0. The van der Waals surface area contributed by atoms with Gasteiger partial charge in [0.25, 0.3) is 11.8 Å². The molecule has 0 radical (unpaired) electrons. The number of anilines is 1. The van der Waals surface area contributed by atoms with Crippen LogP contribution in [0.25, 0.3) is 10.9 Å². The fraction of sp³-hybridized carbons (Fsp3) is 0.148. The lowest BCUT2D eigenvalue weighted by molar-refractivity contribution is -0.149. The number of para-hydroxylation sites is 2. The Bertz CT molecular complexity index is 1380. The molecule has 3 aromatic carbocycles. The molecule has 0 aliphatic heterocycles. The number of aromatic nitrogens is 1. The minimum Gasteiger partial charge on any atom is -0.454 e. The van der Waals surface area contributed by atoms with E-state index in [4.69, 9.17) is 16.3 Å².